The molecule has 0 aliphatic carbocycles. The highest BCUT2D eigenvalue weighted by Crippen LogP contribution is 2.25. The minimum Gasteiger partial charge on any atom is -0.273 e. The first-order valence-electron chi connectivity index (χ1n) is 6.20. The summed E-state index contributed by atoms with van der Waals surface area (Å²) >= 11 is 0. The van der Waals surface area contributed by atoms with Crippen LogP contribution in [0.3, 0.4) is 0 Å². The second-order valence-electron chi connectivity index (χ2n) is 4.86. The lowest BCUT2D eigenvalue weighted by molar-refractivity contribution is 0.0818. The van der Waals surface area contributed by atoms with E-state index in [1.165, 1.54) is 0 Å². The third kappa shape index (κ3) is 2.08. The Morgan fingerprint density at radius 2 is 1.94 bits per heavy atom. The second-order valence-corrected chi connectivity index (χ2v) is 4.86. The molecule has 0 atom stereocenters. The first-order valence-corrected chi connectivity index (χ1v) is 6.20. The van der Waals surface area contributed by atoms with Crippen LogP contribution in [-0.4, -0.2) is 15.5 Å². The van der Waals surface area contributed by atoms with Gasteiger partial charge in [-0.15, -0.1) is 0 Å². The highest BCUT2D eigenvalue weighted by atomic mass is 16.2. The molecule has 2 rings (SSSR count). The molecule has 0 spiro atoms. The van der Waals surface area contributed by atoms with Gasteiger partial charge in [-0.3, -0.25) is 9.36 Å². The van der Waals surface area contributed by atoms with E-state index in [1.54, 1.807) is 17.0 Å². The fourth-order valence-corrected chi connectivity index (χ4v) is 2.06. The van der Waals surface area contributed by atoms with Crippen molar-refractivity contribution in [3.63, 3.8) is 0 Å². The normalized spacial score (nSPS) is 11.5. The molecule has 18 heavy (non-hydrogen) atoms. The molecule has 2 aromatic rings. The van der Waals surface area contributed by atoms with E-state index < -0.39 is 5.41 Å². The fourth-order valence-electron chi connectivity index (χ4n) is 2.06. The van der Waals surface area contributed by atoms with Crippen molar-refractivity contribution in [2.45, 2.75) is 32.6 Å². The van der Waals surface area contributed by atoms with Crippen molar-refractivity contribution in [1.29, 1.82) is 0 Å². The van der Waals surface area contributed by atoms with Crippen LogP contribution in [0.4, 0.5) is 0 Å². The summed E-state index contributed by atoms with van der Waals surface area (Å²) in [4.78, 5) is 16.8. The van der Waals surface area contributed by atoms with Crippen molar-refractivity contribution < 1.29 is 4.79 Å². The molecule has 0 aliphatic heterocycles. The van der Waals surface area contributed by atoms with Crippen LogP contribution in [0.15, 0.2) is 42.7 Å². The SMILES string of the molecule is CCc1nccn1C(=O)C(C)(C)c1ccccc1. The molecule has 1 aromatic carbocycles. The summed E-state index contributed by atoms with van der Waals surface area (Å²) in [5, 5.41) is 0. The maximum absolute atomic E-state index is 12.6. The number of hydrogen-bond acceptors (Lipinski definition) is 2. The van der Waals surface area contributed by atoms with Gasteiger partial charge in [0.2, 0.25) is 5.91 Å². The third-order valence-electron chi connectivity index (χ3n) is 3.28. The fraction of sp³-hybridized carbons (Fsp3) is 0.333. The second kappa shape index (κ2) is 4.77. The van der Waals surface area contributed by atoms with Crippen LogP contribution in [0.2, 0.25) is 0 Å². The summed E-state index contributed by atoms with van der Waals surface area (Å²) in [5.74, 6) is 0.868. The predicted octanol–water partition coefficient (Wildman–Crippen LogP) is 3.06. The van der Waals surface area contributed by atoms with E-state index in [2.05, 4.69) is 4.98 Å². The number of nitrogens with zero attached hydrogens (tertiary/aromatic N) is 2. The Labute approximate surface area is 107 Å². The van der Waals surface area contributed by atoms with Crippen LogP contribution in [-0.2, 0) is 11.8 Å². The Morgan fingerprint density at radius 1 is 1.28 bits per heavy atom. The van der Waals surface area contributed by atoms with Gasteiger partial charge in [0.05, 0.1) is 5.41 Å². The lowest BCUT2D eigenvalue weighted by atomic mass is 9.83. The van der Waals surface area contributed by atoms with Gasteiger partial charge >= 0.3 is 0 Å². The number of benzene rings is 1. The number of imidazole rings is 1. The van der Waals surface area contributed by atoms with Crippen molar-refractivity contribution in [2.75, 3.05) is 0 Å². The summed E-state index contributed by atoms with van der Waals surface area (Å²) in [7, 11) is 0. The molecule has 3 nitrogen and oxygen atoms in total. The Morgan fingerprint density at radius 3 is 2.56 bits per heavy atom. The molecule has 0 unspecified atom stereocenters. The standard InChI is InChI=1S/C15H18N2O/c1-4-13-16-10-11-17(13)14(18)15(2,3)12-8-6-5-7-9-12/h5-11H,4H2,1-3H3. The zero-order chi connectivity index (χ0) is 13.2. The first kappa shape index (κ1) is 12.6. The smallest absolute Gasteiger partial charge is 0.242 e. The lowest BCUT2D eigenvalue weighted by Crippen LogP contribution is -2.34. The molecule has 3 heteroatoms. The summed E-state index contributed by atoms with van der Waals surface area (Å²) in [6.45, 7) is 5.90. The summed E-state index contributed by atoms with van der Waals surface area (Å²) < 4.78 is 1.66. The molecule has 94 valence electrons. The average molecular weight is 242 g/mol. The molecule has 0 bridgehead atoms. The van der Waals surface area contributed by atoms with Crippen LogP contribution < -0.4 is 0 Å². The van der Waals surface area contributed by atoms with E-state index in [9.17, 15) is 4.79 Å². The quantitative estimate of drug-likeness (QED) is 0.829. The monoisotopic (exact) mass is 242 g/mol. The molecular formula is C15H18N2O. The first-order chi connectivity index (χ1) is 8.57. The Balaban J connectivity index is 2.39. The molecule has 0 aliphatic rings. The van der Waals surface area contributed by atoms with Gasteiger partial charge in [-0.25, -0.2) is 4.98 Å². The number of hydrogen-bond donors (Lipinski definition) is 0. The summed E-state index contributed by atoms with van der Waals surface area (Å²) in [6.07, 6.45) is 4.17. The van der Waals surface area contributed by atoms with Crippen molar-refractivity contribution >= 4 is 5.91 Å². The van der Waals surface area contributed by atoms with Gasteiger partial charge in [0.25, 0.3) is 0 Å². The summed E-state index contributed by atoms with van der Waals surface area (Å²) in [6, 6.07) is 9.84. The molecule has 1 aromatic heterocycles. The van der Waals surface area contributed by atoms with Gasteiger partial charge in [-0.1, -0.05) is 37.3 Å². The maximum atomic E-state index is 12.6. The van der Waals surface area contributed by atoms with E-state index in [-0.39, 0.29) is 5.91 Å². The van der Waals surface area contributed by atoms with E-state index >= 15 is 0 Å². The lowest BCUT2D eigenvalue weighted by Gasteiger charge is -2.24. The van der Waals surface area contributed by atoms with Crippen LogP contribution in [0.1, 0.15) is 37.0 Å². The minimum absolute atomic E-state index is 0.0584. The molecule has 0 N–H and O–H groups in total. The van der Waals surface area contributed by atoms with Crippen molar-refractivity contribution in [1.82, 2.24) is 9.55 Å². The minimum atomic E-state index is -0.550. The molecule has 0 saturated carbocycles. The number of carbonyl (C=O) groups excluding carboxylic acids is 1. The molecule has 1 heterocycles. The zero-order valence-corrected chi connectivity index (χ0v) is 11.1. The Kier molecular flexibility index (Phi) is 3.32. The largest absolute Gasteiger partial charge is 0.273 e. The third-order valence-corrected chi connectivity index (χ3v) is 3.28. The molecule has 0 amide bonds. The zero-order valence-electron chi connectivity index (χ0n) is 11.1. The van der Waals surface area contributed by atoms with E-state index in [0.29, 0.717) is 0 Å². The van der Waals surface area contributed by atoms with Crippen LogP contribution in [0.25, 0.3) is 0 Å². The molecule has 0 fully saturated rings. The molecule has 0 saturated heterocycles. The number of aromatic nitrogens is 2. The molecular weight excluding hydrogens is 224 g/mol. The number of aryl methyl sites for hydroxylation is 1. The number of carbonyl (C=O) groups is 1. The van der Waals surface area contributed by atoms with Gasteiger partial charge in [-0.05, 0) is 19.4 Å². The predicted molar refractivity (Wildman–Crippen MR) is 71.7 cm³/mol. The van der Waals surface area contributed by atoms with Crippen LogP contribution >= 0.6 is 0 Å². The summed E-state index contributed by atoms with van der Waals surface area (Å²) in [5.41, 5.74) is 0.469. The maximum Gasteiger partial charge on any atom is 0.242 e. The average Bonchev–Trinajstić information content (AvgIpc) is 2.87. The van der Waals surface area contributed by atoms with Crippen molar-refractivity contribution in [3.05, 3.63) is 54.1 Å². The van der Waals surface area contributed by atoms with E-state index in [1.807, 2.05) is 51.1 Å². The van der Waals surface area contributed by atoms with Crippen molar-refractivity contribution in [2.24, 2.45) is 0 Å². The van der Waals surface area contributed by atoms with E-state index in [4.69, 9.17) is 0 Å². The van der Waals surface area contributed by atoms with Gasteiger partial charge in [-0.2, -0.15) is 0 Å². The van der Waals surface area contributed by atoms with E-state index in [0.717, 1.165) is 17.8 Å². The highest BCUT2D eigenvalue weighted by molar-refractivity contribution is 5.89. The van der Waals surface area contributed by atoms with Crippen LogP contribution in [0.5, 0.6) is 0 Å². The van der Waals surface area contributed by atoms with Crippen LogP contribution in [0, 0.1) is 0 Å². The highest BCUT2D eigenvalue weighted by Gasteiger charge is 2.31. The number of rotatable bonds is 3. The van der Waals surface area contributed by atoms with Gasteiger partial charge in [0, 0.05) is 18.8 Å². The van der Waals surface area contributed by atoms with Gasteiger partial charge in [0.15, 0.2) is 0 Å². The Hall–Kier alpha value is -1.90. The molecule has 0 radical (unpaired) electrons. The Bertz CT molecular complexity index is 541. The topological polar surface area (TPSA) is 34.9 Å². The van der Waals surface area contributed by atoms with Gasteiger partial charge < -0.3 is 0 Å². The van der Waals surface area contributed by atoms with Crippen molar-refractivity contribution in [3.8, 4) is 0 Å². The van der Waals surface area contributed by atoms with Gasteiger partial charge in [0.1, 0.15) is 5.82 Å².